The number of carbonyl (C=O) groups is 2. The number of aliphatic carboxylic acids is 1. The second-order valence-electron chi connectivity index (χ2n) is 1.80. The van der Waals surface area contributed by atoms with Gasteiger partial charge < -0.3 is 15.6 Å². The highest BCUT2D eigenvalue weighted by atomic mass is 35.5. The second-order valence-corrected chi connectivity index (χ2v) is 2.47. The molecule has 0 rings (SSSR count). The largest absolute Gasteiger partial charge is 0.480 e. The number of hydrogen-bond donors (Lipinski definition) is 3. The van der Waals surface area contributed by atoms with E-state index < -0.39 is 17.4 Å². The van der Waals surface area contributed by atoms with Crippen molar-refractivity contribution in [2.45, 2.75) is 13.0 Å². The number of hydrogen-bond acceptors (Lipinski definition) is 5. The van der Waals surface area contributed by atoms with E-state index in [1.54, 1.807) is 6.92 Å². The predicted molar refractivity (Wildman–Crippen MR) is 52.3 cm³/mol. The molecule has 5 nitrogen and oxygen atoms in total. The van der Waals surface area contributed by atoms with Gasteiger partial charge in [0.25, 0.3) is 0 Å². The molecule has 0 radical (unpaired) electrons. The lowest BCUT2D eigenvalue weighted by Gasteiger charge is -1.96. The molecule has 0 amide bonds. The lowest BCUT2D eigenvalue weighted by Crippen LogP contribution is -2.31. The van der Waals surface area contributed by atoms with Crippen LogP contribution in [0.25, 0.3) is 0 Å². The summed E-state index contributed by atoms with van der Waals surface area (Å²) < 4.78 is 4.17. The third kappa shape index (κ3) is 14.4. The van der Waals surface area contributed by atoms with Crippen LogP contribution in [0.3, 0.4) is 0 Å². The summed E-state index contributed by atoms with van der Waals surface area (Å²) in [6.07, 6.45) is 0. The van der Waals surface area contributed by atoms with Crippen LogP contribution >= 0.6 is 24.2 Å². The van der Waals surface area contributed by atoms with E-state index in [2.05, 4.69) is 17.4 Å². The summed E-state index contributed by atoms with van der Waals surface area (Å²) in [4.78, 5) is 19.3. The van der Waals surface area contributed by atoms with Gasteiger partial charge in [0, 0.05) is 17.4 Å². The third-order valence-electron chi connectivity index (χ3n) is 0.772. The quantitative estimate of drug-likeness (QED) is 0.490. The molecular weight excluding hydrogens is 218 g/mol. The lowest BCUT2D eigenvalue weighted by molar-refractivity contribution is -0.137. The molecule has 0 saturated carbocycles. The Bertz CT molecular complexity index is 167. The summed E-state index contributed by atoms with van der Waals surface area (Å²) in [5.41, 5.74) is 4.20. The molecule has 0 saturated heterocycles. The number of thiol groups is 1. The Hall–Kier alpha value is -0.460. The van der Waals surface area contributed by atoms with Crippen LogP contribution in [0.1, 0.15) is 6.92 Å². The van der Waals surface area contributed by atoms with Gasteiger partial charge in [-0.05, 0) is 6.92 Å². The van der Waals surface area contributed by atoms with Gasteiger partial charge in [-0.15, -0.1) is 0 Å². The highest BCUT2D eigenvalue weighted by Gasteiger charge is 2.06. The van der Waals surface area contributed by atoms with Crippen LogP contribution in [0, 0.1) is 0 Å². The molecular formula is C6H12ClNO4S. The number of halogens is 1. The standard InChI is InChI=1S/C3H5ClO2.C3H7NO2S/c1-2-6-3(4)5;4-2(1-7)3(5)6/h2H2,1H3;2,7H,1,4H2,(H,5,6)/t;2-/m.0/s1. The monoisotopic (exact) mass is 229 g/mol. The van der Waals surface area contributed by atoms with Gasteiger partial charge in [0.2, 0.25) is 0 Å². The van der Waals surface area contributed by atoms with Crippen molar-refractivity contribution in [3.63, 3.8) is 0 Å². The first-order valence-corrected chi connectivity index (χ1v) is 4.38. The Morgan fingerprint density at radius 1 is 1.69 bits per heavy atom. The Morgan fingerprint density at radius 3 is 2.15 bits per heavy atom. The van der Waals surface area contributed by atoms with Gasteiger partial charge in [0.05, 0.1) is 6.61 Å². The van der Waals surface area contributed by atoms with E-state index in [0.29, 0.717) is 6.61 Å². The number of ether oxygens (including phenoxy) is 1. The maximum Gasteiger partial charge on any atom is 0.403 e. The molecule has 0 aliphatic rings. The summed E-state index contributed by atoms with van der Waals surface area (Å²) in [7, 11) is 0. The molecule has 0 spiro atoms. The zero-order valence-corrected chi connectivity index (χ0v) is 8.72. The number of carboxylic acid groups (broad SMARTS) is 1. The number of nitrogens with two attached hydrogens (primary N) is 1. The summed E-state index contributed by atoms with van der Waals surface area (Å²) in [6, 6.07) is -0.816. The van der Waals surface area contributed by atoms with Gasteiger partial charge in [-0.3, -0.25) is 4.79 Å². The summed E-state index contributed by atoms with van der Waals surface area (Å²) in [5.74, 6) is -0.815. The van der Waals surface area contributed by atoms with Crippen LogP contribution < -0.4 is 5.73 Å². The molecule has 0 heterocycles. The van der Waals surface area contributed by atoms with E-state index >= 15 is 0 Å². The first kappa shape index (κ1) is 15.0. The average molecular weight is 230 g/mol. The van der Waals surface area contributed by atoms with E-state index in [4.69, 9.17) is 22.4 Å². The summed E-state index contributed by atoms with van der Waals surface area (Å²) >= 11 is 8.37. The van der Waals surface area contributed by atoms with Crippen LogP contribution in [-0.2, 0) is 9.53 Å². The zero-order chi connectivity index (χ0) is 10.9. The van der Waals surface area contributed by atoms with Crippen molar-refractivity contribution >= 4 is 35.6 Å². The fourth-order valence-corrected chi connectivity index (χ4v) is 0.457. The van der Waals surface area contributed by atoms with Gasteiger partial charge in [-0.1, -0.05) is 0 Å². The number of rotatable bonds is 3. The minimum absolute atomic E-state index is 0.190. The summed E-state index contributed by atoms with van der Waals surface area (Å²) in [6.45, 7) is 2.04. The Balaban J connectivity index is 0. The van der Waals surface area contributed by atoms with Gasteiger partial charge in [-0.25, -0.2) is 4.79 Å². The first-order valence-electron chi connectivity index (χ1n) is 3.37. The molecule has 7 heteroatoms. The Labute approximate surface area is 86.6 Å². The van der Waals surface area contributed by atoms with Crippen LogP contribution in [0.5, 0.6) is 0 Å². The van der Waals surface area contributed by atoms with Crippen LogP contribution in [-0.4, -0.2) is 34.9 Å². The van der Waals surface area contributed by atoms with E-state index in [9.17, 15) is 9.59 Å². The molecule has 0 aromatic carbocycles. The van der Waals surface area contributed by atoms with Crippen LogP contribution in [0.2, 0.25) is 0 Å². The first-order chi connectivity index (χ1) is 5.95. The minimum atomic E-state index is -1.00. The van der Waals surface area contributed by atoms with E-state index in [0.717, 1.165) is 0 Å². The normalized spacial score (nSPS) is 10.8. The van der Waals surface area contributed by atoms with Crippen molar-refractivity contribution in [1.29, 1.82) is 0 Å². The van der Waals surface area contributed by atoms with Crippen molar-refractivity contribution in [1.82, 2.24) is 0 Å². The zero-order valence-electron chi connectivity index (χ0n) is 7.07. The molecule has 78 valence electrons. The summed E-state index contributed by atoms with van der Waals surface area (Å²) in [5, 5.41) is 8.01. The molecule has 0 aromatic rings. The molecule has 3 N–H and O–H groups in total. The SMILES string of the molecule is CCOC(=O)Cl.N[C@@H](CS)C(=O)O. The van der Waals surface area contributed by atoms with Crippen LogP contribution in [0.4, 0.5) is 4.79 Å². The number of carbonyl (C=O) groups excluding carboxylic acids is 1. The minimum Gasteiger partial charge on any atom is -0.480 e. The van der Waals surface area contributed by atoms with Crippen molar-refractivity contribution in [2.24, 2.45) is 5.73 Å². The molecule has 0 aliphatic heterocycles. The van der Waals surface area contributed by atoms with Crippen molar-refractivity contribution in [3.05, 3.63) is 0 Å². The fourth-order valence-electron chi connectivity index (χ4n) is 0.192. The van der Waals surface area contributed by atoms with Crippen LogP contribution in [0.15, 0.2) is 0 Å². The molecule has 0 aromatic heterocycles. The van der Waals surface area contributed by atoms with Gasteiger partial charge in [0.1, 0.15) is 6.04 Å². The van der Waals surface area contributed by atoms with E-state index in [1.807, 2.05) is 0 Å². The lowest BCUT2D eigenvalue weighted by atomic mass is 10.4. The average Bonchev–Trinajstić information content (AvgIpc) is 2.03. The third-order valence-corrected chi connectivity index (χ3v) is 1.27. The Morgan fingerprint density at radius 2 is 2.15 bits per heavy atom. The molecule has 0 fully saturated rings. The fraction of sp³-hybridized carbons (Fsp3) is 0.667. The molecule has 0 unspecified atom stereocenters. The van der Waals surface area contributed by atoms with E-state index in [-0.39, 0.29) is 5.75 Å². The van der Waals surface area contributed by atoms with Crippen molar-refractivity contribution in [3.8, 4) is 0 Å². The van der Waals surface area contributed by atoms with E-state index in [1.165, 1.54) is 0 Å². The number of carboxylic acids is 1. The molecule has 1 atom stereocenters. The maximum absolute atomic E-state index is 9.76. The predicted octanol–water partition coefficient (Wildman–Crippen LogP) is 0.710. The van der Waals surface area contributed by atoms with Gasteiger partial charge >= 0.3 is 11.4 Å². The highest BCUT2D eigenvalue weighted by molar-refractivity contribution is 7.80. The maximum atomic E-state index is 9.76. The topological polar surface area (TPSA) is 89.6 Å². The molecule has 0 bridgehead atoms. The Kier molecular flexibility index (Phi) is 11.1. The molecule has 0 aliphatic carbocycles. The van der Waals surface area contributed by atoms with Gasteiger partial charge in [-0.2, -0.15) is 12.6 Å². The van der Waals surface area contributed by atoms with Gasteiger partial charge in [0.15, 0.2) is 0 Å². The smallest absolute Gasteiger partial charge is 0.403 e. The molecule has 13 heavy (non-hydrogen) atoms. The van der Waals surface area contributed by atoms with Crippen molar-refractivity contribution < 1.29 is 19.4 Å². The highest BCUT2D eigenvalue weighted by Crippen LogP contribution is 1.82. The van der Waals surface area contributed by atoms with Crippen molar-refractivity contribution in [2.75, 3.05) is 12.4 Å². The second kappa shape index (κ2) is 9.63.